The topological polar surface area (TPSA) is 67.4 Å². The van der Waals surface area contributed by atoms with Gasteiger partial charge in [0.2, 0.25) is 0 Å². The maximum absolute atomic E-state index is 12.6. The molecule has 0 fully saturated rings. The van der Waals surface area contributed by atoms with E-state index in [2.05, 4.69) is 31.3 Å². The van der Waals surface area contributed by atoms with E-state index in [-0.39, 0.29) is 22.9 Å². The van der Waals surface area contributed by atoms with Gasteiger partial charge in [-0.05, 0) is 66.2 Å². The smallest absolute Gasteiger partial charge is 0.406 e. The van der Waals surface area contributed by atoms with Crippen LogP contribution in [0, 0.1) is 0 Å². The van der Waals surface area contributed by atoms with Crippen molar-refractivity contribution in [3.05, 3.63) is 58.1 Å². The van der Waals surface area contributed by atoms with Gasteiger partial charge in [-0.2, -0.15) is 0 Å². The summed E-state index contributed by atoms with van der Waals surface area (Å²) >= 11 is 3.25. The Morgan fingerprint density at radius 2 is 1.67 bits per heavy atom. The third-order valence-corrected chi connectivity index (χ3v) is 3.91. The number of ether oxygens (including phenoxy) is 1. The zero-order chi connectivity index (χ0) is 20.2. The minimum absolute atomic E-state index is 0.117. The van der Waals surface area contributed by atoms with Crippen molar-refractivity contribution in [2.75, 3.05) is 5.32 Å². The van der Waals surface area contributed by atoms with Crippen LogP contribution in [0.15, 0.2) is 46.9 Å². The van der Waals surface area contributed by atoms with Crippen molar-refractivity contribution in [1.82, 2.24) is 5.32 Å². The van der Waals surface area contributed by atoms with Crippen LogP contribution in [0.3, 0.4) is 0 Å². The van der Waals surface area contributed by atoms with E-state index in [0.29, 0.717) is 4.47 Å². The standard InChI is InChI=1S/C18H16BrF3N2O3/c1-10(2)23-16(25)13-4-3-5-14(19)15(13)17(26)24-11-6-8-12(9-7-11)27-18(20,21)22/h3-10H,1-2H3,(H,23,25)(H,24,26). The largest absolute Gasteiger partial charge is 0.573 e. The Hall–Kier alpha value is -2.55. The minimum Gasteiger partial charge on any atom is -0.406 e. The van der Waals surface area contributed by atoms with E-state index in [9.17, 15) is 22.8 Å². The van der Waals surface area contributed by atoms with E-state index in [1.165, 1.54) is 18.2 Å². The van der Waals surface area contributed by atoms with Crippen molar-refractivity contribution in [3.8, 4) is 5.75 Å². The Morgan fingerprint density at radius 1 is 1.04 bits per heavy atom. The summed E-state index contributed by atoms with van der Waals surface area (Å²) in [6.45, 7) is 3.58. The summed E-state index contributed by atoms with van der Waals surface area (Å²) in [5.41, 5.74) is 0.541. The number of nitrogens with one attached hydrogen (secondary N) is 2. The summed E-state index contributed by atoms with van der Waals surface area (Å²) in [6, 6.07) is 9.32. The van der Waals surface area contributed by atoms with Crippen LogP contribution in [-0.4, -0.2) is 24.2 Å². The van der Waals surface area contributed by atoms with Crippen LogP contribution in [0.4, 0.5) is 18.9 Å². The van der Waals surface area contributed by atoms with Gasteiger partial charge < -0.3 is 15.4 Å². The molecule has 2 amide bonds. The monoisotopic (exact) mass is 444 g/mol. The maximum Gasteiger partial charge on any atom is 0.573 e. The number of alkyl halides is 3. The Kier molecular flexibility index (Phi) is 6.48. The summed E-state index contributed by atoms with van der Waals surface area (Å²) < 4.78 is 40.8. The summed E-state index contributed by atoms with van der Waals surface area (Å²) in [4.78, 5) is 25.0. The second-order valence-electron chi connectivity index (χ2n) is 5.82. The van der Waals surface area contributed by atoms with Crippen LogP contribution in [0.1, 0.15) is 34.6 Å². The Balaban J connectivity index is 2.22. The molecule has 0 radical (unpaired) electrons. The van der Waals surface area contributed by atoms with Crippen LogP contribution < -0.4 is 15.4 Å². The summed E-state index contributed by atoms with van der Waals surface area (Å²) in [7, 11) is 0. The lowest BCUT2D eigenvalue weighted by molar-refractivity contribution is -0.274. The van der Waals surface area contributed by atoms with E-state index >= 15 is 0 Å². The fraction of sp³-hybridized carbons (Fsp3) is 0.222. The number of anilines is 1. The molecule has 27 heavy (non-hydrogen) atoms. The highest BCUT2D eigenvalue weighted by Crippen LogP contribution is 2.26. The molecule has 0 heterocycles. The Labute approximate surface area is 162 Å². The number of hydrogen-bond donors (Lipinski definition) is 2. The lowest BCUT2D eigenvalue weighted by Crippen LogP contribution is -2.32. The number of amides is 2. The summed E-state index contributed by atoms with van der Waals surface area (Å²) in [5.74, 6) is -1.40. The molecule has 2 rings (SSSR count). The third-order valence-electron chi connectivity index (χ3n) is 3.25. The van der Waals surface area contributed by atoms with Crippen molar-refractivity contribution in [3.63, 3.8) is 0 Å². The average molecular weight is 445 g/mol. The first-order chi connectivity index (χ1) is 12.6. The normalized spacial score (nSPS) is 11.2. The molecule has 5 nitrogen and oxygen atoms in total. The van der Waals surface area contributed by atoms with E-state index in [4.69, 9.17) is 0 Å². The molecule has 0 bridgehead atoms. The van der Waals surface area contributed by atoms with Gasteiger partial charge in [0.1, 0.15) is 5.75 Å². The summed E-state index contributed by atoms with van der Waals surface area (Å²) in [5, 5.41) is 5.26. The van der Waals surface area contributed by atoms with E-state index in [1.807, 2.05) is 0 Å². The minimum atomic E-state index is -4.79. The molecule has 0 saturated carbocycles. The molecule has 0 aliphatic heterocycles. The first-order valence-electron chi connectivity index (χ1n) is 7.83. The molecule has 9 heteroatoms. The van der Waals surface area contributed by atoms with Crippen LogP contribution in [0.2, 0.25) is 0 Å². The first kappa shape index (κ1) is 20.8. The molecule has 0 aliphatic rings. The lowest BCUT2D eigenvalue weighted by atomic mass is 10.1. The highest BCUT2D eigenvalue weighted by Gasteiger charge is 2.31. The molecule has 144 valence electrons. The van der Waals surface area contributed by atoms with Gasteiger partial charge in [-0.1, -0.05) is 6.07 Å². The van der Waals surface area contributed by atoms with Crippen LogP contribution in [0.5, 0.6) is 5.75 Å². The van der Waals surface area contributed by atoms with E-state index in [0.717, 1.165) is 12.1 Å². The van der Waals surface area contributed by atoms with Gasteiger partial charge in [-0.25, -0.2) is 0 Å². The van der Waals surface area contributed by atoms with Gasteiger partial charge in [0.25, 0.3) is 11.8 Å². The lowest BCUT2D eigenvalue weighted by Gasteiger charge is -2.14. The van der Waals surface area contributed by atoms with Gasteiger partial charge in [0.15, 0.2) is 0 Å². The van der Waals surface area contributed by atoms with Crippen molar-refractivity contribution in [1.29, 1.82) is 0 Å². The third kappa shape index (κ3) is 5.99. The molecule has 0 aliphatic carbocycles. The molecule has 2 N–H and O–H groups in total. The predicted octanol–water partition coefficient (Wildman–Crippen LogP) is 4.74. The van der Waals surface area contributed by atoms with E-state index < -0.39 is 23.9 Å². The molecular weight excluding hydrogens is 429 g/mol. The molecular formula is C18H16BrF3N2O3. The highest BCUT2D eigenvalue weighted by atomic mass is 79.9. The van der Waals surface area contributed by atoms with Crippen molar-refractivity contribution >= 4 is 33.4 Å². The van der Waals surface area contributed by atoms with Crippen LogP contribution in [0.25, 0.3) is 0 Å². The fourth-order valence-electron chi connectivity index (χ4n) is 2.22. The molecule has 0 aromatic heterocycles. The molecule has 0 spiro atoms. The first-order valence-corrected chi connectivity index (χ1v) is 8.62. The molecule has 0 saturated heterocycles. The Morgan fingerprint density at radius 3 is 2.22 bits per heavy atom. The van der Waals surface area contributed by atoms with Crippen molar-refractivity contribution in [2.45, 2.75) is 26.3 Å². The quantitative estimate of drug-likeness (QED) is 0.699. The number of hydrogen-bond acceptors (Lipinski definition) is 3. The molecule has 2 aromatic rings. The SMILES string of the molecule is CC(C)NC(=O)c1cccc(Br)c1C(=O)Nc1ccc(OC(F)(F)F)cc1. The van der Waals surface area contributed by atoms with Crippen molar-refractivity contribution in [2.24, 2.45) is 0 Å². The number of halogens is 4. The Bertz CT molecular complexity index is 837. The second kappa shape index (κ2) is 8.43. The van der Waals surface area contributed by atoms with Crippen LogP contribution in [-0.2, 0) is 0 Å². The number of carbonyl (C=O) groups is 2. The summed E-state index contributed by atoms with van der Waals surface area (Å²) in [6.07, 6.45) is -4.79. The number of rotatable bonds is 5. The van der Waals surface area contributed by atoms with Crippen molar-refractivity contribution < 1.29 is 27.5 Å². The fourth-order valence-corrected chi connectivity index (χ4v) is 2.76. The molecule has 2 aromatic carbocycles. The second-order valence-corrected chi connectivity index (χ2v) is 6.67. The number of benzene rings is 2. The van der Waals surface area contributed by atoms with E-state index in [1.54, 1.807) is 26.0 Å². The van der Waals surface area contributed by atoms with Gasteiger partial charge in [0.05, 0.1) is 11.1 Å². The van der Waals surface area contributed by atoms with Gasteiger partial charge >= 0.3 is 6.36 Å². The highest BCUT2D eigenvalue weighted by molar-refractivity contribution is 9.10. The van der Waals surface area contributed by atoms with Crippen LogP contribution >= 0.6 is 15.9 Å². The van der Waals surface area contributed by atoms with Gasteiger partial charge in [0, 0.05) is 16.2 Å². The van der Waals surface area contributed by atoms with Gasteiger partial charge in [-0.15, -0.1) is 13.2 Å². The predicted molar refractivity (Wildman–Crippen MR) is 97.8 cm³/mol. The zero-order valence-corrected chi connectivity index (χ0v) is 15.9. The average Bonchev–Trinajstić information content (AvgIpc) is 2.54. The molecule has 0 atom stereocenters. The maximum atomic E-state index is 12.6. The van der Waals surface area contributed by atoms with Gasteiger partial charge in [-0.3, -0.25) is 9.59 Å². The molecule has 0 unspecified atom stereocenters. The number of carbonyl (C=O) groups excluding carboxylic acids is 2. The zero-order valence-electron chi connectivity index (χ0n) is 14.4.